The van der Waals surface area contributed by atoms with Crippen molar-refractivity contribution in [1.82, 2.24) is 39.7 Å². The number of rotatable bonds is 5. The van der Waals surface area contributed by atoms with E-state index in [1.807, 2.05) is 60.0 Å². The fraction of sp³-hybridized carbons (Fsp3) is 0.286. The first kappa shape index (κ1) is 26.5. The SMILES string of the molecule is Cc1nc2ccc(-n3cnnc3[C@@H]3OC4COC(c5ccccc5)O[C@@H]4C(n4cc(-c5csc(O)n5)nn4)C3O)cc2s1. The van der Waals surface area contributed by atoms with Gasteiger partial charge in [-0.15, -0.1) is 26.6 Å². The molecule has 2 fully saturated rings. The molecule has 6 heterocycles. The molecular weight excluding hydrogens is 592 g/mol. The second-order valence-electron chi connectivity index (χ2n) is 10.3. The van der Waals surface area contributed by atoms with Gasteiger partial charge in [-0.3, -0.25) is 4.57 Å². The van der Waals surface area contributed by atoms with Gasteiger partial charge in [0.2, 0.25) is 0 Å². The predicted molar refractivity (Wildman–Crippen MR) is 155 cm³/mol. The molecule has 15 heteroatoms. The van der Waals surface area contributed by atoms with Crippen molar-refractivity contribution in [1.29, 1.82) is 0 Å². The minimum atomic E-state index is -1.16. The highest BCUT2D eigenvalue weighted by molar-refractivity contribution is 7.18. The summed E-state index contributed by atoms with van der Waals surface area (Å²) in [6.45, 7) is 2.19. The maximum absolute atomic E-state index is 12.0. The Labute approximate surface area is 252 Å². The van der Waals surface area contributed by atoms with Gasteiger partial charge < -0.3 is 24.4 Å². The molecule has 13 nitrogen and oxygen atoms in total. The zero-order valence-corrected chi connectivity index (χ0v) is 24.2. The highest BCUT2D eigenvalue weighted by Crippen LogP contribution is 2.44. The number of thiazole rings is 2. The number of aryl methyl sites for hydroxylation is 1. The number of benzene rings is 2. The number of hydrogen-bond donors (Lipinski definition) is 2. The molecule has 8 rings (SSSR count). The highest BCUT2D eigenvalue weighted by atomic mass is 32.1. The van der Waals surface area contributed by atoms with Gasteiger partial charge in [-0.25, -0.2) is 14.6 Å². The fourth-order valence-corrected chi connectivity index (χ4v) is 7.05. The summed E-state index contributed by atoms with van der Waals surface area (Å²) in [5.74, 6) is 0.423. The molecule has 2 aliphatic heterocycles. The molecule has 2 aromatic carbocycles. The lowest BCUT2D eigenvalue weighted by Crippen LogP contribution is -2.57. The molecule has 0 aliphatic carbocycles. The van der Waals surface area contributed by atoms with Crippen molar-refractivity contribution in [3.63, 3.8) is 0 Å². The van der Waals surface area contributed by atoms with Crippen molar-refractivity contribution >= 4 is 32.9 Å². The lowest BCUT2D eigenvalue weighted by Gasteiger charge is -2.47. The Kier molecular flexibility index (Phi) is 6.50. The van der Waals surface area contributed by atoms with Crippen LogP contribution in [0, 0.1) is 6.92 Å². The van der Waals surface area contributed by atoms with Crippen LogP contribution >= 0.6 is 22.7 Å². The zero-order valence-electron chi connectivity index (χ0n) is 22.5. The van der Waals surface area contributed by atoms with Crippen LogP contribution in [0.3, 0.4) is 0 Å². The number of nitrogens with zero attached hydrogens (tertiary/aromatic N) is 8. The van der Waals surface area contributed by atoms with Gasteiger partial charge in [0.1, 0.15) is 48.2 Å². The van der Waals surface area contributed by atoms with E-state index in [9.17, 15) is 10.2 Å². The quantitative estimate of drug-likeness (QED) is 0.291. The number of aromatic hydroxyl groups is 1. The molecule has 0 spiro atoms. The first-order chi connectivity index (χ1) is 21.0. The molecule has 0 radical (unpaired) electrons. The highest BCUT2D eigenvalue weighted by Gasteiger charge is 2.52. The van der Waals surface area contributed by atoms with Crippen LogP contribution in [0.1, 0.15) is 34.8 Å². The van der Waals surface area contributed by atoms with E-state index in [-0.39, 0.29) is 11.8 Å². The number of fused-ring (bicyclic) bond motifs is 2. The molecular formula is C28H24N8O5S2. The van der Waals surface area contributed by atoms with E-state index in [2.05, 4.69) is 30.5 Å². The van der Waals surface area contributed by atoms with Gasteiger partial charge >= 0.3 is 0 Å². The molecule has 6 aromatic rings. The summed E-state index contributed by atoms with van der Waals surface area (Å²) in [7, 11) is 0. The largest absolute Gasteiger partial charge is 0.486 e. The third-order valence-electron chi connectivity index (χ3n) is 7.60. The Balaban J connectivity index is 1.17. The molecule has 0 saturated carbocycles. The molecule has 2 saturated heterocycles. The van der Waals surface area contributed by atoms with Crippen LogP contribution in [-0.2, 0) is 14.2 Å². The van der Waals surface area contributed by atoms with Gasteiger partial charge in [0.15, 0.2) is 12.1 Å². The maximum atomic E-state index is 12.0. The summed E-state index contributed by atoms with van der Waals surface area (Å²) < 4.78 is 23.5. The average molecular weight is 617 g/mol. The topological polar surface area (TPSA) is 155 Å². The van der Waals surface area contributed by atoms with Gasteiger partial charge in [-0.1, -0.05) is 46.9 Å². The molecule has 4 aromatic heterocycles. The van der Waals surface area contributed by atoms with E-state index < -0.39 is 36.7 Å². The van der Waals surface area contributed by atoms with Crippen LogP contribution in [0.5, 0.6) is 5.19 Å². The van der Waals surface area contributed by atoms with Crippen LogP contribution in [0.25, 0.3) is 27.3 Å². The Morgan fingerprint density at radius 2 is 1.91 bits per heavy atom. The molecule has 0 amide bonds. The Morgan fingerprint density at radius 1 is 1.02 bits per heavy atom. The van der Waals surface area contributed by atoms with Gasteiger partial charge in [0, 0.05) is 16.6 Å². The normalized spacial score (nSPS) is 25.6. The molecule has 43 heavy (non-hydrogen) atoms. The van der Waals surface area contributed by atoms with Crippen molar-refractivity contribution in [2.24, 2.45) is 0 Å². The van der Waals surface area contributed by atoms with E-state index >= 15 is 0 Å². The second-order valence-corrected chi connectivity index (χ2v) is 12.4. The number of ether oxygens (including phenoxy) is 3. The molecule has 4 unspecified atom stereocenters. The summed E-state index contributed by atoms with van der Waals surface area (Å²) >= 11 is 2.70. The van der Waals surface area contributed by atoms with Crippen molar-refractivity contribution in [3.8, 4) is 22.3 Å². The van der Waals surface area contributed by atoms with Crippen LogP contribution in [0.2, 0.25) is 0 Å². The summed E-state index contributed by atoms with van der Waals surface area (Å²) in [5, 5.41) is 41.6. The van der Waals surface area contributed by atoms with Crippen LogP contribution in [-0.4, -0.2) is 74.9 Å². The smallest absolute Gasteiger partial charge is 0.271 e. The summed E-state index contributed by atoms with van der Waals surface area (Å²) in [4.78, 5) is 8.66. The lowest BCUT2D eigenvalue weighted by molar-refractivity contribution is -0.319. The van der Waals surface area contributed by atoms with Crippen molar-refractivity contribution in [2.75, 3.05) is 6.61 Å². The standard InChI is InChI=1S/C28H24N8O5S2/c1-14-30-17-8-7-16(9-21(17)43-14)35-13-29-33-26(35)25-23(37)22(36-10-18(32-34-36)19-12-42-28(38)31-19)24-20(40-25)11-39-27(41-24)15-5-3-2-4-6-15/h2-10,12-13,20,22-25,27,37H,11H2,1H3,(H,31,38)/t20?,22?,23?,24-,25+,27?/m0/s1. The fourth-order valence-electron chi connectivity index (χ4n) is 5.65. The van der Waals surface area contributed by atoms with Gasteiger partial charge in [-0.05, 0) is 25.1 Å². The van der Waals surface area contributed by atoms with Crippen molar-refractivity contribution < 1.29 is 24.4 Å². The number of hydrogen-bond acceptors (Lipinski definition) is 13. The van der Waals surface area contributed by atoms with Crippen LogP contribution in [0.4, 0.5) is 0 Å². The number of aliphatic hydroxyl groups excluding tert-OH is 1. The molecule has 218 valence electrons. The van der Waals surface area contributed by atoms with E-state index in [0.717, 1.165) is 37.8 Å². The van der Waals surface area contributed by atoms with Crippen LogP contribution < -0.4 is 0 Å². The van der Waals surface area contributed by atoms with E-state index in [1.54, 1.807) is 33.9 Å². The molecule has 2 N–H and O–H groups in total. The number of aliphatic hydroxyl groups is 1. The Hall–Kier alpha value is -4.12. The monoisotopic (exact) mass is 616 g/mol. The van der Waals surface area contributed by atoms with Crippen LogP contribution in [0.15, 0.2) is 66.4 Å². The molecule has 6 atom stereocenters. The average Bonchev–Trinajstić information content (AvgIpc) is 3.83. The van der Waals surface area contributed by atoms with Gasteiger partial charge in [-0.2, -0.15) is 0 Å². The van der Waals surface area contributed by atoms with Gasteiger partial charge in [0.05, 0.1) is 28.0 Å². The first-order valence-corrected chi connectivity index (χ1v) is 15.2. The Morgan fingerprint density at radius 3 is 2.74 bits per heavy atom. The van der Waals surface area contributed by atoms with Gasteiger partial charge in [0.25, 0.3) is 5.19 Å². The van der Waals surface area contributed by atoms with E-state index in [4.69, 9.17) is 14.2 Å². The van der Waals surface area contributed by atoms with E-state index in [1.165, 1.54) is 0 Å². The second kappa shape index (κ2) is 10.6. The Bertz CT molecular complexity index is 1910. The maximum Gasteiger partial charge on any atom is 0.271 e. The minimum Gasteiger partial charge on any atom is -0.486 e. The third-order valence-corrected chi connectivity index (χ3v) is 9.18. The predicted octanol–water partition coefficient (Wildman–Crippen LogP) is 3.76. The first-order valence-electron chi connectivity index (χ1n) is 13.5. The zero-order chi connectivity index (χ0) is 29.1. The van der Waals surface area contributed by atoms with E-state index in [0.29, 0.717) is 17.2 Å². The summed E-state index contributed by atoms with van der Waals surface area (Å²) in [6.07, 6.45) is -0.640. The number of aromatic nitrogens is 8. The minimum absolute atomic E-state index is 0.0692. The van der Waals surface area contributed by atoms with Crippen molar-refractivity contribution in [3.05, 3.63) is 82.8 Å². The third kappa shape index (κ3) is 4.70. The molecule has 0 bridgehead atoms. The molecule has 2 aliphatic rings. The summed E-state index contributed by atoms with van der Waals surface area (Å²) in [5.41, 5.74) is 3.51. The van der Waals surface area contributed by atoms with Crippen molar-refractivity contribution in [2.45, 2.75) is 43.7 Å². The summed E-state index contributed by atoms with van der Waals surface area (Å²) in [6, 6.07) is 14.8. The lowest BCUT2D eigenvalue weighted by atomic mass is 9.91.